The van der Waals surface area contributed by atoms with Crippen molar-refractivity contribution in [3.05, 3.63) is 37.5 Å². The largest absolute Gasteiger partial charge is 0.492 e. The van der Waals surface area contributed by atoms with E-state index < -0.39 is 12.8 Å². The summed E-state index contributed by atoms with van der Waals surface area (Å²) < 4.78 is 51.8. The predicted octanol–water partition coefficient (Wildman–Crippen LogP) is 3.81. The molecule has 0 aromatic heterocycles. The number of hydrogen-bond acceptors (Lipinski definition) is 4. The highest BCUT2D eigenvalue weighted by Gasteiger charge is 2.27. The molecule has 0 saturated heterocycles. The highest BCUT2D eigenvalue weighted by atomic mass is 19.4. The van der Waals surface area contributed by atoms with Gasteiger partial charge in [0.2, 0.25) is 0 Å². The molecular weight excluding hydrogens is 289 g/mol. The molecule has 0 heterocycles. The van der Waals surface area contributed by atoms with E-state index in [2.05, 4.69) is 11.3 Å². The van der Waals surface area contributed by atoms with Crippen LogP contribution in [0.15, 0.2) is 37.5 Å². The highest BCUT2D eigenvalue weighted by Crippen LogP contribution is 2.13. The van der Waals surface area contributed by atoms with Crippen LogP contribution in [-0.4, -0.2) is 40.2 Å². The van der Waals surface area contributed by atoms with Crippen molar-refractivity contribution in [2.75, 3.05) is 34.0 Å². The van der Waals surface area contributed by atoms with Crippen molar-refractivity contribution in [1.29, 1.82) is 0 Å². The van der Waals surface area contributed by atoms with Crippen LogP contribution in [0.4, 0.5) is 13.2 Å². The summed E-state index contributed by atoms with van der Waals surface area (Å²) in [4.78, 5) is 0. The molecule has 21 heavy (non-hydrogen) atoms. The predicted molar refractivity (Wildman–Crippen MR) is 74.6 cm³/mol. The molecule has 0 aromatic rings. The first kappa shape index (κ1) is 21.8. The van der Waals surface area contributed by atoms with Crippen molar-refractivity contribution in [2.24, 2.45) is 0 Å². The van der Waals surface area contributed by atoms with Crippen LogP contribution < -0.4 is 0 Å². The lowest BCUT2D eigenvalue weighted by molar-refractivity contribution is -0.161. The van der Waals surface area contributed by atoms with Crippen molar-refractivity contribution in [2.45, 2.75) is 19.0 Å². The number of rotatable bonds is 10. The number of halogens is 3. The smallest absolute Gasteiger partial charge is 0.422 e. The molecule has 0 N–H and O–H groups in total. The second-order valence-electron chi connectivity index (χ2n) is 3.54. The van der Waals surface area contributed by atoms with Crippen molar-refractivity contribution >= 4 is 0 Å². The first-order valence-corrected chi connectivity index (χ1v) is 6.20. The van der Waals surface area contributed by atoms with E-state index in [-0.39, 0.29) is 0 Å². The van der Waals surface area contributed by atoms with Gasteiger partial charge in [-0.2, -0.15) is 13.2 Å². The van der Waals surface area contributed by atoms with E-state index >= 15 is 0 Å². The maximum absolute atomic E-state index is 11.1. The topological polar surface area (TPSA) is 36.9 Å². The zero-order valence-electron chi connectivity index (χ0n) is 12.4. The molecule has 0 atom stereocenters. The third-order valence-corrected chi connectivity index (χ3v) is 1.69. The quantitative estimate of drug-likeness (QED) is 0.454. The monoisotopic (exact) mass is 312 g/mol. The summed E-state index contributed by atoms with van der Waals surface area (Å²) in [7, 11) is 3.36. The highest BCUT2D eigenvalue weighted by molar-refractivity contribution is 4.79. The number of ether oxygens (including phenoxy) is 4. The third-order valence-electron chi connectivity index (χ3n) is 1.69. The second kappa shape index (κ2) is 16.6. The summed E-state index contributed by atoms with van der Waals surface area (Å²) in [6, 6.07) is 0. The van der Waals surface area contributed by atoms with Gasteiger partial charge in [-0.25, -0.2) is 0 Å². The molecule has 0 rings (SSSR count). The van der Waals surface area contributed by atoms with E-state index in [0.29, 0.717) is 0 Å². The molecule has 0 radical (unpaired) electrons. The van der Waals surface area contributed by atoms with Gasteiger partial charge in [-0.3, -0.25) is 0 Å². The minimum absolute atomic E-state index is 0.729. The molecule has 0 aliphatic rings. The van der Waals surface area contributed by atoms with Gasteiger partial charge in [0.1, 0.15) is 0 Å². The zero-order valence-corrected chi connectivity index (χ0v) is 12.4. The van der Waals surface area contributed by atoms with E-state index in [0.717, 1.165) is 32.3 Å². The summed E-state index contributed by atoms with van der Waals surface area (Å²) in [5.41, 5.74) is 0. The Hall–Kier alpha value is -1.47. The number of methoxy groups -OCH3 is 2. The Labute approximate surface area is 123 Å². The normalized spacial score (nSPS) is 11.3. The van der Waals surface area contributed by atoms with Gasteiger partial charge >= 0.3 is 6.18 Å². The number of alkyl halides is 3. The molecule has 4 nitrogen and oxygen atoms in total. The molecule has 0 aliphatic heterocycles. The second-order valence-corrected chi connectivity index (χ2v) is 3.54. The molecule has 0 aromatic carbocycles. The van der Waals surface area contributed by atoms with Crippen molar-refractivity contribution in [3.63, 3.8) is 0 Å². The van der Waals surface area contributed by atoms with Crippen LogP contribution in [0, 0.1) is 0 Å². The van der Waals surface area contributed by atoms with Gasteiger partial charge in [-0.15, -0.1) is 0 Å². The van der Waals surface area contributed by atoms with E-state index in [9.17, 15) is 13.2 Å². The Morgan fingerprint density at radius 2 is 1.43 bits per heavy atom. The summed E-state index contributed by atoms with van der Waals surface area (Å²) in [5.74, 6) is 0. The van der Waals surface area contributed by atoms with Gasteiger partial charge < -0.3 is 18.9 Å². The maximum atomic E-state index is 11.1. The summed E-state index contributed by atoms with van der Waals surface area (Å²) in [6.45, 7) is 3.15. The lowest BCUT2D eigenvalue weighted by atomic mass is 10.4. The van der Waals surface area contributed by atoms with Gasteiger partial charge in [-0.1, -0.05) is 6.58 Å². The summed E-state index contributed by atoms with van der Waals surface area (Å²) in [6.07, 6.45) is 5.42. The lowest BCUT2D eigenvalue weighted by Crippen LogP contribution is -2.14. The molecule has 0 aliphatic carbocycles. The summed E-state index contributed by atoms with van der Waals surface area (Å²) in [5, 5.41) is 0. The summed E-state index contributed by atoms with van der Waals surface area (Å²) >= 11 is 0. The average molecular weight is 312 g/mol. The maximum Gasteiger partial charge on any atom is 0.422 e. The lowest BCUT2D eigenvalue weighted by Gasteiger charge is -2.02. The van der Waals surface area contributed by atoms with E-state index in [4.69, 9.17) is 14.2 Å². The molecule has 0 saturated carbocycles. The minimum Gasteiger partial charge on any atom is -0.492 e. The molecule has 0 fully saturated rings. The molecule has 7 heteroatoms. The van der Waals surface area contributed by atoms with Gasteiger partial charge in [0.15, 0.2) is 6.61 Å². The fourth-order valence-electron chi connectivity index (χ4n) is 0.818. The molecular formula is C14H23F3O4. The molecule has 124 valence electrons. The fraction of sp³-hybridized carbons (Fsp3) is 0.571. The van der Waals surface area contributed by atoms with Crippen LogP contribution >= 0.6 is 0 Å². The third kappa shape index (κ3) is 27.7. The van der Waals surface area contributed by atoms with Gasteiger partial charge in [0.05, 0.1) is 18.8 Å². The van der Waals surface area contributed by atoms with Crippen LogP contribution in [0.25, 0.3) is 0 Å². The Morgan fingerprint density at radius 3 is 1.71 bits per heavy atom. The van der Waals surface area contributed by atoms with E-state index in [1.165, 1.54) is 0 Å². The van der Waals surface area contributed by atoms with Crippen LogP contribution in [0.3, 0.4) is 0 Å². The molecule has 0 bridgehead atoms. The van der Waals surface area contributed by atoms with Crippen molar-refractivity contribution < 1.29 is 32.1 Å². The standard InChI is InChI=1S/C10H18O3.C4H5F3O/c1-11-7-3-5-9-13-10-6-4-8-12-2;1-2-8-3-4(5,6)7/h5-6,9-10H,3-4,7-8H2,1-2H3;2H,1,3H2. The molecule has 0 spiro atoms. The Kier molecular flexibility index (Phi) is 17.2. The molecule has 0 amide bonds. The van der Waals surface area contributed by atoms with E-state index in [1.807, 2.05) is 12.2 Å². The van der Waals surface area contributed by atoms with Gasteiger partial charge in [0.25, 0.3) is 0 Å². The Balaban J connectivity index is 0. The van der Waals surface area contributed by atoms with Crippen LogP contribution in [0.2, 0.25) is 0 Å². The minimum atomic E-state index is -4.24. The SMILES string of the molecule is C=COCC(F)(F)F.COCCC=COC=CCCOC. The van der Waals surface area contributed by atoms with Gasteiger partial charge in [0, 0.05) is 27.4 Å². The zero-order chi connectivity index (χ0) is 16.4. The molecule has 0 unspecified atom stereocenters. The fourth-order valence-corrected chi connectivity index (χ4v) is 0.818. The Bertz CT molecular complexity index is 260. The Morgan fingerprint density at radius 1 is 0.952 bits per heavy atom. The van der Waals surface area contributed by atoms with Crippen LogP contribution in [-0.2, 0) is 18.9 Å². The average Bonchev–Trinajstić information content (AvgIpc) is 2.43. The first-order chi connectivity index (χ1) is 9.97. The van der Waals surface area contributed by atoms with Crippen molar-refractivity contribution in [3.8, 4) is 0 Å². The van der Waals surface area contributed by atoms with Crippen LogP contribution in [0.5, 0.6) is 0 Å². The van der Waals surface area contributed by atoms with Crippen LogP contribution in [0.1, 0.15) is 12.8 Å². The first-order valence-electron chi connectivity index (χ1n) is 6.20. The van der Waals surface area contributed by atoms with Gasteiger partial charge in [-0.05, 0) is 25.0 Å². The number of hydrogen-bond donors (Lipinski definition) is 0. The van der Waals surface area contributed by atoms with E-state index in [1.54, 1.807) is 26.7 Å². The van der Waals surface area contributed by atoms with Crippen molar-refractivity contribution in [1.82, 2.24) is 0 Å².